The predicted octanol–water partition coefficient (Wildman–Crippen LogP) is 4.66. The van der Waals surface area contributed by atoms with Gasteiger partial charge in [-0.25, -0.2) is 4.79 Å². The molecule has 0 aromatic heterocycles. The van der Waals surface area contributed by atoms with E-state index in [2.05, 4.69) is 5.32 Å². The standard InChI is InChI=1S/C15H14Cl2N2O/c1-19(10-11-5-3-2-4-6-11)15(20)18-14-9-12(16)7-8-13(14)17/h2-9H,10H2,1H3,(H,18,20). The van der Waals surface area contributed by atoms with Gasteiger partial charge in [-0.05, 0) is 23.8 Å². The number of benzene rings is 2. The first-order valence-electron chi connectivity index (χ1n) is 6.07. The van der Waals surface area contributed by atoms with Crippen LogP contribution in [0.25, 0.3) is 0 Å². The highest BCUT2D eigenvalue weighted by Crippen LogP contribution is 2.25. The van der Waals surface area contributed by atoms with Crippen LogP contribution in [0.4, 0.5) is 10.5 Å². The third-order valence-corrected chi connectivity index (χ3v) is 3.34. The maximum absolute atomic E-state index is 12.1. The lowest BCUT2D eigenvalue weighted by Gasteiger charge is -2.18. The Morgan fingerprint density at radius 2 is 1.85 bits per heavy atom. The number of hydrogen-bond donors (Lipinski definition) is 1. The number of nitrogens with one attached hydrogen (secondary N) is 1. The molecule has 0 unspecified atom stereocenters. The molecule has 2 rings (SSSR count). The van der Waals surface area contributed by atoms with Gasteiger partial charge in [0.15, 0.2) is 0 Å². The molecule has 0 radical (unpaired) electrons. The summed E-state index contributed by atoms with van der Waals surface area (Å²) in [6, 6.07) is 14.5. The van der Waals surface area contributed by atoms with Crippen LogP contribution in [0.1, 0.15) is 5.56 Å². The lowest BCUT2D eigenvalue weighted by atomic mass is 10.2. The van der Waals surface area contributed by atoms with E-state index in [1.807, 2.05) is 30.3 Å². The molecule has 20 heavy (non-hydrogen) atoms. The van der Waals surface area contributed by atoms with Crippen molar-refractivity contribution in [1.82, 2.24) is 4.90 Å². The van der Waals surface area contributed by atoms with E-state index >= 15 is 0 Å². The van der Waals surface area contributed by atoms with Gasteiger partial charge in [-0.2, -0.15) is 0 Å². The zero-order valence-corrected chi connectivity index (χ0v) is 12.4. The van der Waals surface area contributed by atoms with Crippen molar-refractivity contribution in [2.45, 2.75) is 6.54 Å². The molecule has 0 heterocycles. The molecule has 0 atom stereocenters. The second-order valence-electron chi connectivity index (χ2n) is 4.40. The monoisotopic (exact) mass is 308 g/mol. The largest absolute Gasteiger partial charge is 0.323 e. The third kappa shape index (κ3) is 3.89. The molecule has 1 N–H and O–H groups in total. The summed E-state index contributed by atoms with van der Waals surface area (Å²) < 4.78 is 0. The summed E-state index contributed by atoms with van der Waals surface area (Å²) in [6.45, 7) is 0.519. The molecule has 2 amide bonds. The summed E-state index contributed by atoms with van der Waals surface area (Å²) in [5, 5.41) is 3.72. The maximum Gasteiger partial charge on any atom is 0.321 e. The fourth-order valence-corrected chi connectivity index (χ4v) is 2.07. The molecule has 5 heteroatoms. The molecular formula is C15H14Cl2N2O. The Bertz CT molecular complexity index is 602. The van der Waals surface area contributed by atoms with E-state index < -0.39 is 0 Å². The summed E-state index contributed by atoms with van der Waals surface area (Å²) >= 11 is 11.9. The molecule has 0 aliphatic carbocycles. The van der Waals surface area contributed by atoms with Gasteiger partial charge in [0.05, 0.1) is 10.7 Å². The highest BCUT2D eigenvalue weighted by molar-refractivity contribution is 6.35. The quantitative estimate of drug-likeness (QED) is 0.879. The van der Waals surface area contributed by atoms with E-state index in [0.717, 1.165) is 5.56 Å². The zero-order chi connectivity index (χ0) is 14.5. The van der Waals surface area contributed by atoms with Crippen LogP contribution in [0, 0.1) is 0 Å². The molecule has 0 aliphatic heterocycles. The molecule has 0 fully saturated rings. The highest BCUT2D eigenvalue weighted by atomic mass is 35.5. The topological polar surface area (TPSA) is 32.3 Å². The van der Waals surface area contributed by atoms with Gasteiger partial charge in [0.2, 0.25) is 0 Å². The summed E-state index contributed by atoms with van der Waals surface area (Å²) in [5.74, 6) is 0. The van der Waals surface area contributed by atoms with Crippen molar-refractivity contribution >= 4 is 34.9 Å². The Hall–Kier alpha value is -1.71. The van der Waals surface area contributed by atoms with Crippen LogP contribution in [-0.2, 0) is 6.54 Å². The second kappa shape index (κ2) is 6.64. The molecule has 3 nitrogen and oxygen atoms in total. The second-order valence-corrected chi connectivity index (χ2v) is 5.24. The Balaban J connectivity index is 2.02. The lowest BCUT2D eigenvalue weighted by Crippen LogP contribution is -2.30. The maximum atomic E-state index is 12.1. The normalized spacial score (nSPS) is 10.2. The Morgan fingerprint density at radius 3 is 2.55 bits per heavy atom. The van der Waals surface area contributed by atoms with Crippen LogP contribution in [0.2, 0.25) is 10.0 Å². The lowest BCUT2D eigenvalue weighted by molar-refractivity contribution is 0.220. The summed E-state index contributed by atoms with van der Waals surface area (Å²) in [7, 11) is 1.72. The van der Waals surface area contributed by atoms with Crippen molar-refractivity contribution in [2.75, 3.05) is 12.4 Å². The number of anilines is 1. The van der Waals surface area contributed by atoms with E-state index in [1.165, 1.54) is 0 Å². The number of nitrogens with zero attached hydrogens (tertiary/aromatic N) is 1. The van der Waals surface area contributed by atoms with Crippen LogP contribution in [0.3, 0.4) is 0 Å². The minimum Gasteiger partial charge on any atom is -0.323 e. The van der Waals surface area contributed by atoms with Gasteiger partial charge in [-0.3, -0.25) is 0 Å². The first kappa shape index (κ1) is 14.7. The minimum atomic E-state index is -0.238. The van der Waals surface area contributed by atoms with E-state index in [0.29, 0.717) is 22.3 Å². The summed E-state index contributed by atoms with van der Waals surface area (Å²) in [5.41, 5.74) is 1.56. The van der Waals surface area contributed by atoms with Gasteiger partial charge in [-0.15, -0.1) is 0 Å². The van der Waals surface area contributed by atoms with Crippen molar-refractivity contribution in [3.8, 4) is 0 Å². The molecule has 0 aliphatic rings. The van der Waals surface area contributed by atoms with Crippen molar-refractivity contribution in [1.29, 1.82) is 0 Å². The van der Waals surface area contributed by atoms with E-state index in [4.69, 9.17) is 23.2 Å². The van der Waals surface area contributed by atoms with Crippen LogP contribution < -0.4 is 5.32 Å². The first-order valence-corrected chi connectivity index (χ1v) is 6.83. The van der Waals surface area contributed by atoms with Crippen LogP contribution in [-0.4, -0.2) is 18.0 Å². The molecule has 2 aromatic carbocycles. The Morgan fingerprint density at radius 1 is 1.15 bits per heavy atom. The van der Waals surface area contributed by atoms with Crippen molar-refractivity contribution in [2.24, 2.45) is 0 Å². The number of amides is 2. The molecule has 2 aromatic rings. The third-order valence-electron chi connectivity index (χ3n) is 2.78. The van der Waals surface area contributed by atoms with E-state index in [9.17, 15) is 4.79 Å². The number of urea groups is 1. The van der Waals surface area contributed by atoms with Gasteiger partial charge in [0.1, 0.15) is 0 Å². The highest BCUT2D eigenvalue weighted by Gasteiger charge is 2.11. The molecule has 104 valence electrons. The zero-order valence-electron chi connectivity index (χ0n) is 10.9. The number of hydrogen-bond acceptors (Lipinski definition) is 1. The van der Waals surface area contributed by atoms with Gasteiger partial charge in [0, 0.05) is 18.6 Å². The first-order chi connectivity index (χ1) is 9.56. The SMILES string of the molecule is CN(Cc1ccccc1)C(=O)Nc1cc(Cl)ccc1Cl. The molecule has 0 saturated heterocycles. The van der Waals surface area contributed by atoms with Crippen molar-refractivity contribution < 1.29 is 4.79 Å². The number of carbonyl (C=O) groups excluding carboxylic acids is 1. The summed E-state index contributed by atoms with van der Waals surface area (Å²) in [4.78, 5) is 13.7. The average molecular weight is 309 g/mol. The number of halogens is 2. The predicted molar refractivity (Wildman–Crippen MR) is 83.4 cm³/mol. The van der Waals surface area contributed by atoms with E-state index in [-0.39, 0.29) is 6.03 Å². The average Bonchev–Trinajstić information content (AvgIpc) is 2.44. The number of rotatable bonds is 3. The van der Waals surface area contributed by atoms with Gasteiger partial charge in [-0.1, -0.05) is 53.5 Å². The minimum absolute atomic E-state index is 0.238. The van der Waals surface area contributed by atoms with Crippen LogP contribution in [0.5, 0.6) is 0 Å². The van der Waals surface area contributed by atoms with Gasteiger partial charge in [0.25, 0.3) is 0 Å². The van der Waals surface area contributed by atoms with Gasteiger partial charge >= 0.3 is 6.03 Å². The number of carbonyl (C=O) groups is 1. The van der Waals surface area contributed by atoms with Crippen LogP contribution >= 0.6 is 23.2 Å². The fraction of sp³-hybridized carbons (Fsp3) is 0.133. The van der Waals surface area contributed by atoms with Gasteiger partial charge < -0.3 is 10.2 Å². The smallest absolute Gasteiger partial charge is 0.321 e. The molecule has 0 bridgehead atoms. The van der Waals surface area contributed by atoms with Crippen molar-refractivity contribution in [3.05, 3.63) is 64.1 Å². The van der Waals surface area contributed by atoms with Crippen molar-refractivity contribution in [3.63, 3.8) is 0 Å². The van der Waals surface area contributed by atoms with Crippen LogP contribution in [0.15, 0.2) is 48.5 Å². The molecule has 0 spiro atoms. The van der Waals surface area contributed by atoms with E-state index in [1.54, 1.807) is 30.1 Å². The summed E-state index contributed by atoms with van der Waals surface area (Å²) in [6.07, 6.45) is 0. The Kier molecular flexibility index (Phi) is 4.88. The fourth-order valence-electron chi connectivity index (χ4n) is 1.73. The molecular weight excluding hydrogens is 295 g/mol. The Labute approximate surface area is 128 Å². The molecule has 0 saturated carbocycles.